The van der Waals surface area contributed by atoms with Crippen molar-refractivity contribution in [2.75, 3.05) is 7.05 Å². The molecular formula is C14H18FNO. The van der Waals surface area contributed by atoms with Crippen LogP contribution >= 0.6 is 0 Å². The largest absolute Gasteiger partial charge is 0.339 e. The average molecular weight is 235 g/mol. The highest BCUT2D eigenvalue weighted by Gasteiger charge is 2.27. The van der Waals surface area contributed by atoms with Gasteiger partial charge in [-0.05, 0) is 36.5 Å². The second-order valence-electron chi connectivity index (χ2n) is 4.57. The zero-order valence-electron chi connectivity index (χ0n) is 10.4. The molecule has 0 saturated carbocycles. The van der Waals surface area contributed by atoms with Crippen molar-refractivity contribution in [3.05, 3.63) is 35.1 Å². The number of rotatable bonds is 2. The molecule has 0 aliphatic heterocycles. The standard InChI is InChI=1S/C14H18FNO/c1-3-14(17)16(2)13-9-5-6-10-11(13)7-4-8-12(10)15/h4,7-8,13H,3,5-6,9H2,1-2H3/t13-/m0/s1. The monoisotopic (exact) mass is 235 g/mol. The van der Waals surface area contributed by atoms with Crippen LogP contribution in [0, 0.1) is 5.82 Å². The number of halogens is 1. The fourth-order valence-electron chi connectivity index (χ4n) is 2.60. The van der Waals surface area contributed by atoms with Crippen molar-refractivity contribution < 1.29 is 9.18 Å². The molecule has 1 aromatic carbocycles. The third kappa shape index (κ3) is 2.19. The Kier molecular flexibility index (Phi) is 3.46. The molecule has 0 aromatic heterocycles. The molecule has 0 saturated heterocycles. The highest BCUT2D eigenvalue weighted by molar-refractivity contribution is 5.76. The van der Waals surface area contributed by atoms with E-state index in [9.17, 15) is 9.18 Å². The summed E-state index contributed by atoms with van der Waals surface area (Å²) in [5, 5.41) is 0. The molecule has 0 spiro atoms. The van der Waals surface area contributed by atoms with Crippen molar-refractivity contribution in [1.82, 2.24) is 4.90 Å². The summed E-state index contributed by atoms with van der Waals surface area (Å²) >= 11 is 0. The summed E-state index contributed by atoms with van der Waals surface area (Å²) in [6, 6.07) is 5.23. The van der Waals surface area contributed by atoms with Gasteiger partial charge in [0, 0.05) is 13.5 Å². The first-order valence-corrected chi connectivity index (χ1v) is 6.18. The smallest absolute Gasteiger partial charge is 0.222 e. The van der Waals surface area contributed by atoms with Crippen molar-refractivity contribution in [3.8, 4) is 0 Å². The van der Waals surface area contributed by atoms with E-state index in [-0.39, 0.29) is 17.8 Å². The van der Waals surface area contributed by atoms with E-state index in [0.717, 1.165) is 30.4 Å². The molecule has 17 heavy (non-hydrogen) atoms. The summed E-state index contributed by atoms with van der Waals surface area (Å²) in [4.78, 5) is 13.5. The van der Waals surface area contributed by atoms with Gasteiger partial charge in [-0.2, -0.15) is 0 Å². The number of carbonyl (C=O) groups excluding carboxylic acids is 1. The summed E-state index contributed by atoms with van der Waals surface area (Å²) < 4.78 is 13.7. The van der Waals surface area contributed by atoms with Crippen LogP contribution in [0.3, 0.4) is 0 Å². The van der Waals surface area contributed by atoms with Crippen molar-refractivity contribution in [2.45, 2.75) is 38.6 Å². The molecule has 1 aliphatic carbocycles. The van der Waals surface area contributed by atoms with E-state index in [4.69, 9.17) is 0 Å². The number of benzene rings is 1. The van der Waals surface area contributed by atoms with Gasteiger partial charge in [0.1, 0.15) is 5.82 Å². The van der Waals surface area contributed by atoms with E-state index in [1.54, 1.807) is 11.0 Å². The fraction of sp³-hybridized carbons (Fsp3) is 0.500. The molecule has 1 aliphatic rings. The van der Waals surface area contributed by atoms with Gasteiger partial charge in [0.2, 0.25) is 5.91 Å². The highest BCUT2D eigenvalue weighted by atomic mass is 19.1. The molecule has 1 amide bonds. The predicted molar refractivity (Wildman–Crippen MR) is 65.1 cm³/mol. The van der Waals surface area contributed by atoms with E-state index in [0.29, 0.717) is 6.42 Å². The van der Waals surface area contributed by atoms with Crippen molar-refractivity contribution in [3.63, 3.8) is 0 Å². The SMILES string of the molecule is CCC(=O)N(C)[C@H]1CCCc2c(F)cccc21. The third-order valence-corrected chi connectivity index (χ3v) is 3.58. The molecule has 1 atom stereocenters. The summed E-state index contributed by atoms with van der Waals surface area (Å²) in [5.74, 6) is -0.0170. The lowest BCUT2D eigenvalue weighted by atomic mass is 9.86. The third-order valence-electron chi connectivity index (χ3n) is 3.58. The van der Waals surface area contributed by atoms with Crippen LogP contribution in [0.25, 0.3) is 0 Å². The molecule has 0 radical (unpaired) electrons. The van der Waals surface area contributed by atoms with Gasteiger partial charge in [0.05, 0.1) is 6.04 Å². The first-order chi connectivity index (χ1) is 8.15. The van der Waals surface area contributed by atoms with Gasteiger partial charge in [-0.3, -0.25) is 4.79 Å². The second kappa shape index (κ2) is 4.86. The Labute approximate surface area is 101 Å². The Morgan fingerprint density at radius 1 is 1.53 bits per heavy atom. The Balaban J connectivity index is 2.35. The quantitative estimate of drug-likeness (QED) is 0.771. The summed E-state index contributed by atoms with van der Waals surface area (Å²) in [7, 11) is 1.82. The van der Waals surface area contributed by atoms with Crippen LogP contribution in [0.15, 0.2) is 18.2 Å². The highest BCUT2D eigenvalue weighted by Crippen LogP contribution is 2.34. The summed E-state index contributed by atoms with van der Waals surface area (Å²) in [6.45, 7) is 1.86. The topological polar surface area (TPSA) is 20.3 Å². The van der Waals surface area contributed by atoms with Gasteiger partial charge in [0.15, 0.2) is 0 Å². The van der Waals surface area contributed by atoms with Crippen LogP contribution in [0.2, 0.25) is 0 Å². The fourth-order valence-corrected chi connectivity index (χ4v) is 2.60. The Morgan fingerprint density at radius 3 is 3.00 bits per heavy atom. The van der Waals surface area contributed by atoms with Crippen LogP contribution in [0.4, 0.5) is 4.39 Å². The minimum absolute atomic E-state index is 0.0434. The Hall–Kier alpha value is -1.38. The minimum Gasteiger partial charge on any atom is -0.339 e. The number of hydrogen-bond acceptors (Lipinski definition) is 1. The molecule has 0 heterocycles. The van der Waals surface area contributed by atoms with Crippen molar-refractivity contribution in [2.24, 2.45) is 0 Å². The maximum Gasteiger partial charge on any atom is 0.222 e. The van der Waals surface area contributed by atoms with Gasteiger partial charge in [-0.1, -0.05) is 19.1 Å². The van der Waals surface area contributed by atoms with Gasteiger partial charge >= 0.3 is 0 Å². The second-order valence-corrected chi connectivity index (χ2v) is 4.57. The Morgan fingerprint density at radius 2 is 2.29 bits per heavy atom. The molecule has 1 aromatic rings. The first kappa shape index (κ1) is 12.1. The first-order valence-electron chi connectivity index (χ1n) is 6.18. The van der Waals surface area contributed by atoms with Gasteiger partial charge in [-0.15, -0.1) is 0 Å². The normalized spacial score (nSPS) is 18.6. The Bertz CT molecular complexity index is 430. The molecule has 2 rings (SSSR count). The molecule has 3 heteroatoms. The number of fused-ring (bicyclic) bond motifs is 1. The van der Waals surface area contributed by atoms with Gasteiger partial charge < -0.3 is 4.90 Å². The summed E-state index contributed by atoms with van der Waals surface area (Å²) in [5.41, 5.74) is 1.78. The number of hydrogen-bond donors (Lipinski definition) is 0. The number of amides is 1. The van der Waals surface area contributed by atoms with Crippen molar-refractivity contribution in [1.29, 1.82) is 0 Å². The van der Waals surface area contributed by atoms with Crippen LogP contribution in [-0.4, -0.2) is 17.9 Å². The van der Waals surface area contributed by atoms with Gasteiger partial charge in [-0.25, -0.2) is 4.39 Å². The molecule has 92 valence electrons. The molecule has 0 bridgehead atoms. The van der Waals surface area contributed by atoms with Crippen LogP contribution in [0.1, 0.15) is 43.4 Å². The molecular weight excluding hydrogens is 217 g/mol. The van der Waals surface area contributed by atoms with E-state index < -0.39 is 0 Å². The summed E-state index contributed by atoms with van der Waals surface area (Å²) in [6.07, 6.45) is 3.16. The minimum atomic E-state index is -0.135. The lowest BCUT2D eigenvalue weighted by molar-refractivity contribution is -0.132. The number of carbonyl (C=O) groups is 1. The zero-order valence-corrected chi connectivity index (χ0v) is 10.4. The molecule has 2 nitrogen and oxygen atoms in total. The lowest BCUT2D eigenvalue weighted by Crippen LogP contribution is -2.33. The van der Waals surface area contributed by atoms with E-state index in [2.05, 4.69) is 0 Å². The molecule has 0 unspecified atom stereocenters. The van der Waals surface area contributed by atoms with Gasteiger partial charge in [0.25, 0.3) is 0 Å². The van der Waals surface area contributed by atoms with E-state index in [1.165, 1.54) is 6.07 Å². The predicted octanol–water partition coefficient (Wildman–Crippen LogP) is 3.07. The van der Waals surface area contributed by atoms with Crippen molar-refractivity contribution >= 4 is 5.91 Å². The zero-order chi connectivity index (χ0) is 12.4. The lowest BCUT2D eigenvalue weighted by Gasteiger charge is -2.33. The maximum atomic E-state index is 13.7. The molecule has 0 fully saturated rings. The van der Waals surface area contributed by atoms with Crippen LogP contribution < -0.4 is 0 Å². The average Bonchev–Trinajstić information content (AvgIpc) is 2.37. The molecule has 0 N–H and O–H groups in total. The van der Waals surface area contributed by atoms with E-state index in [1.807, 2.05) is 20.0 Å². The number of nitrogens with zero attached hydrogens (tertiary/aromatic N) is 1. The van der Waals surface area contributed by atoms with Crippen LogP contribution in [0.5, 0.6) is 0 Å². The van der Waals surface area contributed by atoms with Crippen LogP contribution in [-0.2, 0) is 11.2 Å². The van der Waals surface area contributed by atoms with E-state index >= 15 is 0 Å². The maximum absolute atomic E-state index is 13.7.